The molecule has 30 heavy (non-hydrogen) atoms. The Kier molecular flexibility index (Phi) is 5.97. The maximum atomic E-state index is 14.1. The SMILES string of the molecule is Cc1sc2nc(CSC(C)C(=O)N(Cc3ccccc3F)C3CC3)[nH]c(=O)c2c1C. The summed E-state index contributed by atoms with van der Waals surface area (Å²) in [6, 6.07) is 6.78. The summed E-state index contributed by atoms with van der Waals surface area (Å²) in [4.78, 5) is 36.6. The minimum absolute atomic E-state index is 0.00279. The van der Waals surface area contributed by atoms with Crippen LogP contribution in [0.25, 0.3) is 10.2 Å². The van der Waals surface area contributed by atoms with E-state index in [-0.39, 0.29) is 35.1 Å². The first-order chi connectivity index (χ1) is 14.3. The number of carbonyl (C=O) groups is 1. The van der Waals surface area contributed by atoms with Crippen molar-refractivity contribution in [2.45, 2.75) is 57.2 Å². The summed E-state index contributed by atoms with van der Waals surface area (Å²) < 4.78 is 14.1. The predicted octanol–water partition coefficient (Wildman–Crippen LogP) is 4.55. The van der Waals surface area contributed by atoms with E-state index >= 15 is 0 Å². The van der Waals surface area contributed by atoms with Crippen LogP contribution >= 0.6 is 23.1 Å². The first kappa shape index (κ1) is 21.1. The number of benzene rings is 1. The summed E-state index contributed by atoms with van der Waals surface area (Å²) in [6.45, 7) is 6.07. The summed E-state index contributed by atoms with van der Waals surface area (Å²) in [5.74, 6) is 0.724. The summed E-state index contributed by atoms with van der Waals surface area (Å²) >= 11 is 2.96. The highest BCUT2D eigenvalue weighted by atomic mass is 32.2. The molecule has 4 rings (SSSR count). The number of amides is 1. The maximum absolute atomic E-state index is 14.1. The Morgan fingerprint density at radius 1 is 1.37 bits per heavy atom. The van der Waals surface area contributed by atoms with E-state index in [9.17, 15) is 14.0 Å². The molecule has 1 amide bonds. The maximum Gasteiger partial charge on any atom is 0.259 e. The van der Waals surface area contributed by atoms with Crippen molar-refractivity contribution in [1.29, 1.82) is 0 Å². The molecule has 1 saturated carbocycles. The Balaban J connectivity index is 1.45. The third kappa shape index (κ3) is 4.30. The van der Waals surface area contributed by atoms with E-state index < -0.39 is 0 Å². The normalized spacial score (nSPS) is 14.8. The quantitative estimate of drug-likeness (QED) is 0.579. The molecule has 5 nitrogen and oxygen atoms in total. The van der Waals surface area contributed by atoms with Gasteiger partial charge in [0.15, 0.2) is 0 Å². The lowest BCUT2D eigenvalue weighted by Crippen LogP contribution is -2.38. The number of nitrogens with zero attached hydrogens (tertiary/aromatic N) is 2. The molecule has 1 aromatic carbocycles. The highest BCUT2D eigenvalue weighted by Gasteiger charge is 2.35. The molecule has 0 bridgehead atoms. The Bertz CT molecular complexity index is 1150. The second kappa shape index (κ2) is 8.51. The summed E-state index contributed by atoms with van der Waals surface area (Å²) in [5, 5.41) is 0.338. The van der Waals surface area contributed by atoms with E-state index in [4.69, 9.17) is 0 Å². The van der Waals surface area contributed by atoms with Gasteiger partial charge in [-0.05, 0) is 45.2 Å². The number of fused-ring (bicyclic) bond motifs is 1. The summed E-state index contributed by atoms with van der Waals surface area (Å²) in [6.07, 6.45) is 1.92. The minimum Gasteiger partial charge on any atom is -0.334 e. The van der Waals surface area contributed by atoms with Gasteiger partial charge in [0, 0.05) is 23.0 Å². The second-order valence-electron chi connectivity index (χ2n) is 7.72. The number of carbonyl (C=O) groups excluding carboxylic acids is 1. The van der Waals surface area contributed by atoms with Gasteiger partial charge in [-0.2, -0.15) is 0 Å². The number of rotatable bonds is 7. The van der Waals surface area contributed by atoms with Crippen molar-refractivity contribution in [3.8, 4) is 0 Å². The largest absolute Gasteiger partial charge is 0.334 e. The third-order valence-electron chi connectivity index (χ3n) is 5.48. The highest BCUT2D eigenvalue weighted by molar-refractivity contribution is 7.99. The average molecular weight is 446 g/mol. The number of aryl methyl sites for hydroxylation is 2. The Hall–Kier alpha value is -2.19. The number of H-pyrrole nitrogens is 1. The van der Waals surface area contributed by atoms with Gasteiger partial charge in [-0.25, -0.2) is 9.37 Å². The van der Waals surface area contributed by atoms with Crippen LogP contribution in [0.3, 0.4) is 0 Å². The van der Waals surface area contributed by atoms with Crippen LogP contribution in [-0.4, -0.2) is 32.1 Å². The topological polar surface area (TPSA) is 66.1 Å². The van der Waals surface area contributed by atoms with Gasteiger partial charge < -0.3 is 9.88 Å². The van der Waals surface area contributed by atoms with Gasteiger partial charge in [0.25, 0.3) is 5.56 Å². The standard InChI is InChI=1S/C22H24FN3O2S2/c1-12-13(2)30-21-19(12)20(27)24-18(25-21)11-29-14(3)22(28)26(16-8-9-16)10-15-6-4-5-7-17(15)23/h4-7,14,16H,8-11H2,1-3H3,(H,24,25,27). The monoisotopic (exact) mass is 445 g/mol. The van der Waals surface area contributed by atoms with E-state index in [0.29, 0.717) is 22.5 Å². The number of aromatic amines is 1. The van der Waals surface area contributed by atoms with Crippen LogP contribution in [0.1, 0.15) is 41.6 Å². The number of hydrogen-bond donors (Lipinski definition) is 1. The highest BCUT2D eigenvalue weighted by Crippen LogP contribution is 2.32. The van der Waals surface area contributed by atoms with Crippen molar-refractivity contribution in [1.82, 2.24) is 14.9 Å². The van der Waals surface area contributed by atoms with E-state index in [0.717, 1.165) is 28.1 Å². The van der Waals surface area contributed by atoms with Gasteiger partial charge in [0.2, 0.25) is 5.91 Å². The van der Waals surface area contributed by atoms with E-state index in [1.54, 1.807) is 23.1 Å². The fraction of sp³-hybridized carbons (Fsp3) is 0.409. The zero-order valence-electron chi connectivity index (χ0n) is 17.2. The van der Waals surface area contributed by atoms with Crippen molar-refractivity contribution in [3.63, 3.8) is 0 Å². The molecule has 1 aliphatic carbocycles. The van der Waals surface area contributed by atoms with Crippen LogP contribution in [0.15, 0.2) is 29.1 Å². The van der Waals surface area contributed by atoms with Crippen LogP contribution in [0, 0.1) is 19.7 Å². The van der Waals surface area contributed by atoms with Gasteiger partial charge >= 0.3 is 0 Å². The lowest BCUT2D eigenvalue weighted by Gasteiger charge is -2.26. The molecule has 2 heterocycles. The molecule has 0 saturated heterocycles. The number of aromatic nitrogens is 2. The van der Waals surface area contributed by atoms with Gasteiger partial charge in [-0.1, -0.05) is 18.2 Å². The van der Waals surface area contributed by atoms with Crippen LogP contribution in [0.4, 0.5) is 4.39 Å². The van der Waals surface area contributed by atoms with Crippen LogP contribution in [0.5, 0.6) is 0 Å². The molecule has 1 fully saturated rings. The van der Waals surface area contributed by atoms with Crippen LogP contribution in [0.2, 0.25) is 0 Å². The molecule has 2 aromatic heterocycles. The summed E-state index contributed by atoms with van der Waals surface area (Å²) in [7, 11) is 0. The van der Waals surface area contributed by atoms with E-state index in [2.05, 4.69) is 9.97 Å². The Morgan fingerprint density at radius 3 is 2.80 bits per heavy atom. The summed E-state index contributed by atoms with van der Waals surface area (Å²) in [5.41, 5.74) is 1.38. The van der Waals surface area contributed by atoms with Crippen LogP contribution < -0.4 is 5.56 Å². The minimum atomic E-state index is -0.315. The van der Waals surface area contributed by atoms with Gasteiger partial charge in [-0.3, -0.25) is 9.59 Å². The molecule has 8 heteroatoms. The van der Waals surface area contributed by atoms with Gasteiger partial charge in [0.1, 0.15) is 16.5 Å². The number of thiophene rings is 1. The van der Waals surface area contributed by atoms with E-state index in [1.165, 1.54) is 29.2 Å². The number of nitrogens with one attached hydrogen (secondary N) is 1. The second-order valence-corrected chi connectivity index (χ2v) is 10.3. The third-order valence-corrected chi connectivity index (χ3v) is 7.72. The lowest BCUT2D eigenvalue weighted by atomic mass is 10.2. The fourth-order valence-electron chi connectivity index (χ4n) is 3.46. The fourth-order valence-corrected chi connectivity index (χ4v) is 5.33. The molecule has 1 N–H and O–H groups in total. The molecule has 1 unspecified atom stereocenters. The number of thioether (sulfide) groups is 1. The molecular weight excluding hydrogens is 421 g/mol. The number of hydrogen-bond acceptors (Lipinski definition) is 5. The molecule has 0 spiro atoms. The van der Waals surface area contributed by atoms with Crippen LogP contribution in [-0.2, 0) is 17.1 Å². The molecule has 3 aromatic rings. The molecule has 0 aliphatic heterocycles. The average Bonchev–Trinajstić information content (AvgIpc) is 3.51. The molecular formula is C22H24FN3O2S2. The van der Waals surface area contributed by atoms with E-state index in [1.807, 2.05) is 20.8 Å². The Labute approximate surface area is 182 Å². The number of halogens is 1. The molecule has 158 valence electrons. The molecule has 1 aliphatic rings. The zero-order valence-corrected chi connectivity index (χ0v) is 18.8. The van der Waals surface area contributed by atoms with Gasteiger partial charge in [-0.15, -0.1) is 23.1 Å². The first-order valence-electron chi connectivity index (χ1n) is 9.99. The van der Waals surface area contributed by atoms with Crippen molar-refractivity contribution < 1.29 is 9.18 Å². The molecule has 0 radical (unpaired) electrons. The van der Waals surface area contributed by atoms with Crippen molar-refractivity contribution in [2.24, 2.45) is 0 Å². The van der Waals surface area contributed by atoms with Crippen molar-refractivity contribution in [2.75, 3.05) is 0 Å². The van der Waals surface area contributed by atoms with Gasteiger partial charge in [0.05, 0.1) is 16.4 Å². The molecule has 1 atom stereocenters. The Morgan fingerprint density at radius 2 is 2.10 bits per heavy atom. The van der Waals surface area contributed by atoms with Crippen molar-refractivity contribution >= 4 is 39.2 Å². The zero-order chi connectivity index (χ0) is 21.4. The smallest absolute Gasteiger partial charge is 0.259 e. The predicted molar refractivity (Wildman–Crippen MR) is 120 cm³/mol. The van der Waals surface area contributed by atoms with Crippen molar-refractivity contribution in [3.05, 3.63) is 62.3 Å². The lowest BCUT2D eigenvalue weighted by molar-refractivity contribution is -0.131. The first-order valence-corrected chi connectivity index (χ1v) is 11.9.